The summed E-state index contributed by atoms with van der Waals surface area (Å²) in [5.41, 5.74) is 24.2. The Morgan fingerprint density at radius 1 is 0.271 bits per heavy atom. The van der Waals surface area contributed by atoms with Crippen molar-refractivity contribution < 1.29 is 0 Å². The molecule has 0 aromatic heterocycles. The molecule has 2 nitrogen and oxygen atoms in total. The molecule has 11 aromatic rings. The van der Waals surface area contributed by atoms with Crippen LogP contribution in [0.3, 0.4) is 0 Å². The summed E-state index contributed by atoms with van der Waals surface area (Å²) >= 11 is 0. The predicted molar refractivity (Wildman–Crippen MR) is 293 cm³/mol. The van der Waals surface area contributed by atoms with Crippen LogP contribution in [0.4, 0.5) is 34.1 Å². The Morgan fingerprint density at radius 2 is 0.757 bits per heavy atom. The monoisotopic (exact) mass is 892 g/mol. The van der Waals surface area contributed by atoms with Gasteiger partial charge in [-0.05, 0) is 156 Å². The summed E-state index contributed by atoms with van der Waals surface area (Å²) < 4.78 is 0. The molecule has 0 amide bonds. The molecule has 0 N–H and O–H groups in total. The van der Waals surface area contributed by atoms with Gasteiger partial charge in [0.15, 0.2) is 0 Å². The summed E-state index contributed by atoms with van der Waals surface area (Å²) in [5, 5.41) is 2.43. The molecule has 0 saturated heterocycles. The number of hydrogen-bond donors (Lipinski definition) is 0. The summed E-state index contributed by atoms with van der Waals surface area (Å²) in [6, 6.07) is 94.9. The summed E-state index contributed by atoms with van der Waals surface area (Å²) in [7, 11) is 0. The maximum absolute atomic E-state index is 2.52. The molecular weight excluding hydrogens is 845 g/mol. The topological polar surface area (TPSA) is 6.48 Å². The van der Waals surface area contributed by atoms with Crippen LogP contribution in [0.25, 0.3) is 55.3 Å². The molecule has 70 heavy (non-hydrogen) atoms. The van der Waals surface area contributed by atoms with Crippen molar-refractivity contribution in [2.24, 2.45) is 0 Å². The lowest BCUT2D eigenvalue weighted by Gasteiger charge is -2.33. The highest BCUT2D eigenvalue weighted by molar-refractivity contribution is 6.02. The first-order valence-electron chi connectivity index (χ1n) is 24.5. The molecule has 2 heteroatoms. The second-order valence-corrected chi connectivity index (χ2v) is 19.6. The largest absolute Gasteiger partial charge is 0.310 e. The maximum Gasteiger partial charge on any atom is 0.0726 e. The Morgan fingerprint density at radius 3 is 1.49 bits per heavy atom. The molecule has 1 spiro atoms. The Labute approximate surface area is 410 Å². The van der Waals surface area contributed by atoms with Crippen molar-refractivity contribution >= 4 is 44.9 Å². The fraction of sp³-hybridized carbons (Fsp3) is 0.0588. The van der Waals surface area contributed by atoms with E-state index in [-0.39, 0.29) is 5.41 Å². The number of para-hydroxylation sites is 2. The third-order valence-corrected chi connectivity index (χ3v) is 15.6. The quantitative estimate of drug-likeness (QED) is 0.157. The summed E-state index contributed by atoms with van der Waals surface area (Å²) in [6.45, 7) is 4.74. The molecular formula is C68H48N2. The van der Waals surface area contributed by atoms with Crippen molar-refractivity contribution in [1.29, 1.82) is 0 Å². The zero-order valence-corrected chi connectivity index (χ0v) is 39.1. The lowest BCUT2D eigenvalue weighted by Crippen LogP contribution is -2.26. The van der Waals surface area contributed by atoms with Crippen molar-refractivity contribution in [3.05, 3.63) is 288 Å². The van der Waals surface area contributed by atoms with Crippen LogP contribution >= 0.6 is 0 Å². The van der Waals surface area contributed by atoms with Gasteiger partial charge in [0, 0.05) is 39.2 Å². The van der Waals surface area contributed by atoms with Crippen LogP contribution in [0.15, 0.2) is 255 Å². The van der Waals surface area contributed by atoms with Gasteiger partial charge in [-0.25, -0.2) is 0 Å². The fourth-order valence-electron chi connectivity index (χ4n) is 12.5. The fourth-order valence-corrected chi connectivity index (χ4v) is 12.5. The molecule has 14 rings (SSSR count). The van der Waals surface area contributed by atoms with Gasteiger partial charge in [-0.3, -0.25) is 0 Å². The first-order valence-corrected chi connectivity index (χ1v) is 24.5. The minimum atomic E-state index is -0.600. The van der Waals surface area contributed by atoms with Crippen LogP contribution in [0.2, 0.25) is 0 Å². The molecule has 3 aliphatic carbocycles. The Balaban J connectivity index is 1.01. The lowest BCUT2D eigenvalue weighted by molar-refractivity contribution is 0.660. The maximum atomic E-state index is 2.52. The molecule has 0 fully saturated rings. The first kappa shape index (κ1) is 40.4. The highest BCUT2D eigenvalue weighted by atomic mass is 15.1. The van der Waals surface area contributed by atoms with Gasteiger partial charge < -0.3 is 9.80 Å². The summed E-state index contributed by atoms with van der Waals surface area (Å²) in [5.74, 6) is 0. The number of benzene rings is 11. The molecule has 1 atom stereocenters. The average Bonchev–Trinajstić information content (AvgIpc) is 3.97. The minimum absolute atomic E-state index is 0.135. The molecule has 0 aliphatic heterocycles. The van der Waals surface area contributed by atoms with Gasteiger partial charge in [0.1, 0.15) is 0 Å². The van der Waals surface area contributed by atoms with Crippen molar-refractivity contribution in [3.8, 4) is 44.5 Å². The van der Waals surface area contributed by atoms with E-state index in [4.69, 9.17) is 0 Å². The highest BCUT2D eigenvalue weighted by Gasteiger charge is 2.52. The number of nitrogens with zero attached hydrogens (tertiary/aromatic N) is 2. The smallest absolute Gasteiger partial charge is 0.0726 e. The third kappa shape index (κ3) is 5.80. The minimum Gasteiger partial charge on any atom is -0.310 e. The molecule has 11 aromatic carbocycles. The van der Waals surface area contributed by atoms with E-state index in [1.807, 2.05) is 0 Å². The zero-order chi connectivity index (χ0) is 46.6. The van der Waals surface area contributed by atoms with E-state index in [0.717, 1.165) is 34.1 Å². The molecule has 0 radical (unpaired) electrons. The van der Waals surface area contributed by atoms with E-state index in [2.05, 4.69) is 278 Å². The SMILES string of the molecule is CC1(C)c2ccccc2-c2ccc(N(c3ccccc3)c3ccc4c(c3)C3(c5ccccc5-c5cc(N(c6ccccc6)c6cccc7ccccc67)ccc53)c3cc(-c5ccccc5)ccc3-4)cc21. The van der Waals surface area contributed by atoms with E-state index < -0.39 is 5.41 Å². The average molecular weight is 893 g/mol. The lowest BCUT2D eigenvalue weighted by atomic mass is 9.70. The number of hydrogen-bond acceptors (Lipinski definition) is 2. The molecule has 0 bridgehead atoms. The van der Waals surface area contributed by atoms with Gasteiger partial charge in [-0.2, -0.15) is 0 Å². The predicted octanol–water partition coefficient (Wildman–Crippen LogP) is 18.1. The molecule has 3 aliphatic rings. The van der Waals surface area contributed by atoms with E-state index in [1.54, 1.807) is 0 Å². The van der Waals surface area contributed by atoms with E-state index in [9.17, 15) is 0 Å². The first-order chi connectivity index (χ1) is 34.5. The number of rotatable bonds is 7. The van der Waals surface area contributed by atoms with Crippen molar-refractivity contribution in [1.82, 2.24) is 0 Å². The molecule has 1 unspecified atom stereocenters. The van der Waals surface area contributed by atoms with Gasteiger partial charge in [0.25, 0.3) is 0 Å². The van der Waals surface area contributed by atoms with Gasteiger partial charge in [-0.15, -0.1) is 0 Å². The van der Waals surface area contributed by atoms with Crippen molar-refractivity contribution in [2.45, 2.75) is 24.7 Å². The number of fused-ring (bicyclic) bond motifs is 14. The number of anilines is 6. The Bertz CT molecular complexity index is 3870. The van der Waals surface area contributed by atoms with Gasteiger partial charge in [0.2, 0.25) is 0 Å². The highest BCUT2D eigenvalue weighted by Crippen LogP contribution is 2.64. The van der Waals surface area contributed by atoms with Crippen LogP contribution in [0.1, 0.15) is 47.2 Å². The third-order valence-electron chi connectivity index (χ3n) is 15.6. The summed E-state index contributed by atoms with van der Waals surface area (Å²) in [6.07, 6.45) is 0. The summed E-state index contributed by atoms with van der Waals surface area (Å²) in [4.78, 5) is 4.91. The van der Waals surface area contributed by atoms with Gasteiger partial charge >= 0.3 is 0 Å². The second kappa shape index (κ2) is 15.4. The standard InChI is InChI=1S/C68H48N2/c1-67(2)60-30-16-14-28-54(60)56-38-34-51(43-63(56)67)69(48-23-8-4-9-24-48)52-35-39-58-57-37-33-47(45-19-6-3-7-20-45)41-64(57)68(65(58)44-52)61-31-17-15-29-55(61)59-42-50(36-40-62(59)68)70(49-25-10-5-11-26-49)66-32-18-22-46-21-12-13-27-53(46)66/h3-44H,1-2H3. The molecule has 330 valence electrons. The van der Waals surface area contributed by atoms with E-state index >= 15 is 0 Å². The van der Waals surface area contributed by atoms with Crippen molar-refractivity contribution in [2.75, 3.05) is 9.80 Å². The van der Waals surface area contributed by atoms with Crippen LogP contribution in [-0.2, 0) is 10.8 Å². The zero-order valence-electron chi connectivity index (χ0n) is 39.1. The van der Waals surface area contributed by atoms with Crippen LogP contribution in [-0.4, -0.2) is 0 Å². The van der Waals surface area contributed by atoms with Crippen LogP contribution in [0.5, 0.6) is 0 Å². The second-order valence-electron chi connectivity index (χ2n) is 19.6. The van der Waals surface area contributed by atoms with Crippen LogP contribution < -0.4 is 9.80 Å². The normalized spacial score (nSPS) is 15.2. The van der Waals surface area contributed by atoms with Crippen LogP contribution in [0, 0.1) is 0 Å². The van der Waals surface area contributed by atoms with Gasteiger partial charge in [-0.1, -0.05) is 196 Å². The van der Waals surface area contributed by atoms with E-state index in [0.29, 0.717) is 0 Å². The van der Waals surface area contributed by atoms with E-state index in [1.165, 1.54) is 88.7 Å². The van der Waals surface area contributed by atoms with Gasteiger partial charge in [0.05, 0.1) is 11.1 Å². The Kier molecular flexibility index (Phi) is 8.88. The Hall–Kier alpha value is -8.72. The molecule has 0 heterocycles. The molecule has 0 saturated carbocycles. The van der Waals surface area contributed by atoms with Crippen molar-refractivity contribution in [3.63, 3.8) is 0 Å².